The maximum absolute atomic E-state index is 13.5. The van der Waals surface area contributed by atoms with E-state index in [1.807, 2.05) is 38.1 Å². The van der Waals surface area contributed by atoms with Crippen LogP contribution in [0, 0.1) is 0 Å². The topological polar surface area (TPSA) is 63.2 Å². The van der Waals surface area contributed by atoms with Crippen molar-refractivity contribution in [1.29, 1.82) is 0 Å². The fraction of sp³-hybridized carbons (Fsp3) is 0.483. The normalized spacial score (nSPS) is 17.4. The summed E-state index contributed by atoms with van der Waals surface area (Å²) < 4.78 is 30.5. The van der Waals surface area contributed by atoms with E-state index in [9.17, 15) is 4.79 Å². The summed E-state index contributed by atoms with van der Waals surface area (Å²) in [7, 11) is 0. The van der Waals surface area contributed by atoms with Crippen molar-refractivity contribution in [2.75, 3.05) is 13.2 Å². The summed E-state index contributed by atoms with van der Waals surface area (Å²) in [5, 5.41) is 0. The minimum atomic E-state index is -0.713. The van der Waals surface area contributed by atoms with Crippen LogP contribution in [0.1, 0.15) is 88.4 Å². The number of fused-ring (bicyclic) bond motifs is 2. The van der Waals surface area contributed by atoms with Crippen LogP contribution in [0.4, 0.5) is 0 Å². The fourth-order valence-corrected chi connectivity index (χ4v) is 4.30. The molecule has 6 nitrogen and oxygen atoms in total. The molecule has 0 saturated carbocycles. The van der Waals surface area contributed by atoms with Crippen LogP contribution in [0.25, 0.3) is 0 Å². The Morgan fingerprint density at radius 3 is 2.46 bits per heavy atom. The van der Waals surface area contributed by atoms with Crippen molar-refractivity contribution in [2.24, 2.45) is 0 Å². The van der Waals surface area contributed by atoms with E-state index in [1.165, 1.54) is 5.57 Å². The van der Waals surface area contributed by atoms with E-state index in [-0.39, 0.29) is 12.2 Å². The van der Waals surface area contributed by atoms with Gasteiger partial charge in [0, 0.05) is 25.5 Å². The van der Waals surface area contributed by atoms with E-state index >= 15 is 0 Å². The molecule has 0 aromatic heterocycles. The van der Waals surface area contributed by atoms with Crippen LogP contribution in [0.3, 0.4) is 0 Å². The minimum Gasteiger partial charge on any atom is -0.493 e. The second-order valence-corrected chi connectivity index (χ2v) is 9.78. The molecule has 6 heteroatoms. The van der Waals surface area contributed by atoms with Crippen molar-refractivity contribution in [1.82, 2.24) is 0 Å². The standard InChI is InChI=1S/C29H36O6/c1-7-13-31-24-17-26-27(28(32-14-8-2)20(24)11-9-18(3)4)21(30)16-23(33-26)19-10-12-22-25(15-19)35-29(5,6)34-22/h9-10,12,15,17,23H,7-8,11,13-14,16H2,1-6H3/t23-/m0/s1. The molecule has 0 unspecified atom stereocenters. The minimum absolute atomic E-state index is 0.000779. The molecule has 0 saturated heterocycles. The van der Waals surface area contributed by atoms with Gasteiger partial charge in [0.05, 0.1) is 19.6 Å². The Morgan fingerprint density at radius 2 is 1.74 bits per heavy atom. The van der Waals surface area contributed by atoms with Crippen LogP contribution in [-0.4, -0.2) is 24.8 Å². The third-order valence-corrected chi connectivity index (χ3v) is 5.90. The number of carbonyl (C=O) groups excluding carboxylic acids is 1. The van der Waals surface area contributed by atoms with Crippen molar-refractivity contribution < 1.29 is 28.5 Å². The molecule has 0 aliphatic carbocycles. The molecule has 2 heterocycles. The van der Waals surface area contributed by atoms with Crippen molar-refractivity contribution in [2.45, 2.75) is 79.1 Å². The molecule has 2 aromatic rings. The molecule has 2 aliphatic rings. The van der Waals surface area contributed by atoms with Gasteiger partial charge in [0.2, 0.25) is 5.79 Å². The lowest BCUT2D eigenvalue weighted by Crippen LogP contribution is -2.29. The van der Waals surface area contributed by atoms with Crippen LogP contribution in [0.5, 0.6) is 28.7 Å². The predicted octanol–water partition coefficient (Wildman–Crippen LogP) is 6.99. The van der Waals surface area contributed by atoms with Gasteiger partial charge in [0.25, 0.3) is 0 Å². The third kappa shape index (κ3) is 5.42. The van der Waals surface area contributed by atoms with Crippen LogP contribution < -0.4 is 23.7 Å². The zero-order valence-corrected chi connectivity index (χ0v) is 21.7. The van der Waals surface area contributed by atoms with Gasteiger partial charge < -0.3 is 23.7 Å². The highest BCUT2D eigenvalue weighted by atomic mass is 16.7. The number of ketones is 1. The van der Waals surface area contributed by atoms with Crippen molar-refractivity contribution in [3.8, 4) is 28.7 Å². The number of hydrogen-bond donors (Lipinski definition) is 0. The second-order valence-electron chi connectivity index (χ2n) is 9.78. The number of Topliss-reactive ketones (excluding diaryl/α,β-unsaturated/α-hetero) is 1. The first-order valence-electron chi connectivity index (χ1n) is 12.5. The van der Waals surface area contributed by atoms with Gasteiger partial charge in [-0.3, -0.25) is 4.79 Å². The summed E-state index contributed by atoms with van der Waals surface area (Å²) in [6, 6.07) is 7.56. The highest BCUT2D eigenvalue weighted by molar-refractivity contribution is 6.03. The van der Waals surface area contributed by atoms with Crippen LogP contribution >= 0.6 is 0 Å². The Hall–Kier alpha value is -3.15. The van der Waals surface area contributed by atoms with E-state index in [4.69, 9.17) is 23.7 Å². The first-order chi connectivity index (χ1) is 16.7. The second kappa shape index (κ2) is 10.2. The van der Waals surface area contributed by atoms with Crippen LogP contribution in [0.15, 0.2) is 35.9 Å². The van der Waals surface area contributed by atoms with Crippen molar-refractivity contribution in [3.05, 3.63) is 52.6 Å². The molecular formula is C29H36O6. The number of benzene rings is 2. The third-order valence-electron chi connectivity index (χ3n) is 5.90. The van der Waals surface area contributed by atoms with Gasteiger partial charge in [0.15, 0.2) is 17.3 Å². The molecule has 0 radical (unpaired) electrons. The van der Waals surface area contributed by atoms with E-state index < -0.39 is 11.9 Å². The van der Waals surface area contributed by atoms with Gasteiger partial charge in [-0.15, -0.1) is 0 Å². The number of carbonyl (C=O) groups is 1. The highest BCUT2D eigenvalue weighted by Crippen LogP contribution is 2.47. The molecule has 2 aliphatic heterocycles. The summed E-state index contributed by atoms with van der Waals surface area (Å²) in [5.41, 5.74) is 3.47. The van der Waals surface area contributed by atoms with Crippen LogP contribution in [-0.2, 0) is 6.42 Å². The average Bonchev–Trinajstić information content (AvgIpc) is 3.12. The molecule has 0 N–H and O–H groups in total. The lowest BCUT2D eigenvalue weighted by molar-refractivity contribution is -0.0432. The Morgan fingerprint density at radius 1 is 1.03 bits per heavy atom. The fourth-order valence-electron chi connectivity index (χ4n) is 4.30. The molecule has 0 amide bonds. The molecule has 0 bridgehead atoms. The summed E-state index contributed by atoms with van der Waals surface area (Å²) in [4.78, 5) is 13.5. The van der Waals surface area contributed by atoms with Gasteiger partial charge in [-0.1, -0.05) is 31.6 Å². The number of hydrogen-bond acceptors (Lipinski definition) is 6. The van der Waals surface area contributed by atoms with Gasteiger partial charge in [-0.05, 0) is 50.8 Å². The predicted molar refractivity (Wildman–Crippen MR) is 135 cm³/mol. The number of allylic oxidation sites excluding steroid dienone is 2. The molecule has 4 rings (SSSR count). The largest absolute Gasteiger partial charge is 0.493 e. The Balaban J connectivity index is 1.74. The van der Waals surface area contributed by atoms with Gasteiger partial charge in [-0.25, -0.2) is 0 Å². The zero-order valence-electron chi connectivity index (χ0n) is 21.7. The van der Waals surface area contributed by atoms with Gasteiger partial charge in [-0.2, -0.15) is 0 Å². The Labute approximate surface area is 208 Å². The maximum Gasteiger partial charge on any atom is 0.246 e. The molecule has 0 spiro atoms. The molecule has 188 valence electrons. The average molecular weight is 481 g/mol. The SMILES string of the molecule is CCCOc1cc2c(c(OCCC)c1CC=C(C)C)C(=O)C[C@@H](c1ccc3c(c1)OC(C)(C)O3)O2. The van der Waals surface area contributed by atoms with Crippen molar-refractivity contribution >= 4 is 5.78 Å². The molecular weight excluding hydrogens is 444 g/mol. The monoisotopic (exact) mass is 480 g/mol. The molecule has 2 aromatic carbocycles. The molecule has 1 atom stereocenters. The summed E-state index contributed by atoms with van der Waals surface area (Å²) in [6.07, 6.45) is 4.25. The van der Waals surface area contributed by atoms with E-state index in [2.05, 4.69) is 33.8 Å². The first-order valence-corrected chi connectivity index (χ1v) is 12.5. The lowest BCUT2D eigenvalue weighted by atomic mass is 9.92. The number of ether oxygens (including phenoxy) is 5. The molecule has 0 fully saturated rings. The summed E-state index contributed by atoms with van der Waals surface area (Å²) in [6.45, 7) is 13.1. The highest BCUT2D eigenvalue weighted by Gasteiger charge is 2.36. The van der Waals surface area contributed by atoms with Gasteiger partial charge in [0.1, 0.15) is 28.9 Å². The van der Waals surface area contributed by atoms with E-state index in [1.54, 1.807) is 0 Å². The summed E-state index contributed by atoms with van der Waals surface area (Å²) >= 11 is 0. The Bertz CT molecular complexity index is 1130. The number of rotatable bonds is 9. The van der Waals surface area contributed by atoms with Crippen LogP contribution in [0.2, 0.25) is 0 Å². The summed E-state index contributed by atoms with van der Waals surface area (Å²) in [5.74, 6) is 2.43. The van der Waals surface area contributed by atoms with Crippen molar-refractivity contribution in [3.63, 3.8) is 0 Å². The first kappa shape index (κ1) is 25.0. The maximum atomic E-state index is 13.5. The smallest absolute Gasteiger partial charge is 0.246 e. The van der Waals surface area contributed by atoms with Gasteiger partial charge >= 0.3 is 0 Å². The lowest BCUT2D eigenvalue weighted by Gasteiger charge is -2.29. The molecule has 35 heavy (non-hydrogen) atoms. The van der Waals surface area contributed by atoms with E-state index in [0.717, 1.165) is 24.0 Å². The van der Waals surface area contributed by atoms with E-state index in [0.29, 0.717) is 53.9 Å². The quantitative estimate of drug-likeness (QED) is 0.361. The Kier molecular flexibility index (Phi) is 7.29. The zero-order chi connectivity index (χ0) is 25.2.